The van der Waals surface area contributed by atoms with Crippen molar-refractivity contribution in [1.29, 1.82) is 0 Å². The SMILES string of the molecule is COc1cc(NC(=O)c2cnn(-c3ccc(C(F)(F)F)cn3)c2C)cc(OC)c1OC. The number of benzene rings is 1. The van der Waals surface area contributed by atoms with Crippen molar-refractivity contribution in [3.05, 3.63) is 53.5 Å². The molecule has 0 aliphatic carbocycles. The molecule has 2 aromatic heterocycles. The Kier molecular flexibility index (Phi) is 6.04. The van der Waals surface area contributed by atoms with Gasteiger partial charge in [-0.05, 0) is 19.1 Å². The first-order valence-corrected chi connectivity index (χ1v) is 8.89. The highest BCUT2D eigenvalue weighted by molar-refractivity contribution is 6.05. The van der Waals surface area contributed by atoms with Crippen LogP contribution in [-0.2, 0) is 6.18 Å². The third-order valence-corrected chi connectivity index (χ3v) is 4.47. The maximum atomic E-state index is 12.8. The molecule has 11 heteroatoms. The van der Waals surface area contributed by atoms with Crippen LogP contribution in [-0.4, -0.2) is 42.0 Å². The van der Waals surface area contributed by atoms with Gasteiger partial charge in [0.25, 0.3) is 5.91 Å². The second kappa shape index (κ2) is 8.54. The summed E-state index contributed by atoms with van der Waals surface area (Å²) in [7, 11) is 4.37. The fourth-order valence-corrected chi connectivity index (χ4v) is 2.89. The second-order valence-corrected chi connectivity index (χ2v) is 6.33. The number of nitrogens with zero attached hydrogens (tertiary/aromatic N) is 3. The number of amides is 1. The molecule has 3 rings (SSSR count). The second-order valence-electron chi connectivity index (χ2n) is 6.33. The van der Waals surface area contributed by atoms with Crippen molar-refractivity contribution in [2.45, 2.75) is 13.1 Å². The van der Waals surface area contributed by atoms with Gasteiger partial charge in [-0.3, -0.25) is 4.79 Å². The maximum Gasteiger partial charge on any atom is 0.417 e. The maximum absolute atomic E-state index is 12.8. The van der Waals surface area contributed by atoms with Crippen molar-refractivity contribution in [2.24, 2.45) is 0 Å². The van der Waals surface area contributed by atoms with Crippen molar-refractivity contribution in [3.63, 3.8) is 0 Å². The van der Waals surface area contributed by atoms with Crippen LogP contribution in [0.4, 0.5) is 18.9 Å². The number of ether oxygens (including phenoxy) is 3. The lowest BCUT2D eigenvalue weighted by Gasteiger charge is -2.14. The Bertz CT molecular complexity index is 1070. The highest BCUT2D eigenvalue weighted by Gasteiger charge is 2.31. The number of methoxy groups -OCH3 is 3. The van der Waals surface area contributed by atoms with Gasteiger partial charge in [0.15, 0.2) is 17.3 Å². The summed E-state index contributed by atoms with van der Waals surface area (Å²) in [5.41, 5.74) is 0.133. The minimum Gasteiger partial charge on any atom is -0.493 e. The summed E-state index contributed by atoms with van der Waals surface area (Å²) in [6.07, 6.45) is -2.47. The molecule has 8 nitrogen and oxygen atoms in total. The van der Waals surface area contributed by atoms with E-state index in [4.69, 9.17) is 14.2 Å². The van der Waals surface area contributed by atoms with Crippen molar-refractivity contribution in [1.82, 2.24) is 14.8 Å². The summed E-state index contributed by atoms with van der Waals surface area (Å²) in [5, 5.41) is 6.79. The molecule has 0 saturated carbocycles. The van der Waals surface area contributed by atoms with Crippen LogP contribution in [0.3, 0.4) is 0 Å². The fraction of sp³-hybridized carbons (Fsp3) is 0.250. The number of alkyl halides is 3. The third-order valence-electron chi connectivity index (χ3n) is 4.47. The summed E-state index contributed by atoms with van der Waals surface area (Å²) in [6, 6.07) is 5.22. The molecule has 1 aromatic carbocycles. The highest BCUT2D eigenvalue weighted by atomic mass is 19.4. The van der Waals surface area contributed by atoms with Gasteiger partial charge in [0.05, 0.1) is 44.3 Å². The number of rotatable bonds is 6. The van der Waals surface area contributed by atoms with Gasteiger partial charge in [0.2, 0.25) is 5.75 Å². The molecule has 1 amide bonds. The van der Waals surface area contributed by atoms with E-state index in [0.717, 1.165) is 6.07 Å². The van der Waals surface area contributed by atoms with Crippen molar-refractivity contribution < 1.29 is 32.2 Å². The molecule has 0 fully saturated rings. The van der Waals surface area contributed by atoms with Gasteiger partial charge in [-0.25, -0.2) is 9.67 Å². The molecular weight excluding hydrogens is 417 g/mol. The van der Waals surface area contributed by atoms with Crippen LogP contribution in [0, 0.1) is 6.92 Å². The normalized spacial score (nSPS) is 11.2. The lowest BCUT2D eigenvalue weighted by molar-refractivity contribution is -0.137. The minimum absolute atomic E-state index is 0.150. The van der Waals surface area contributed by atoms with Crippen LogP contribution in [0.1, 0.15) is 21.6 Å². The smallest absolute Gasteiger partial charge is 0.417 e. The summed E-state index contributed by atoms with van der Waals surface area (Å²) in [5.74, 6) is 0.764. The molecule has 0 unspecified atom stereocenters. The van der Waals surface area contributed by atoms with Crippen molar-refractivity contribution >= 4 is 11.6 Å². The number of hydrogen-bond donors (Lipinski definition) is 1. The van der Waals surface area contributed by atoms with Gasteiger partial charge in [-0.15, -0.1) is 0 Å². The van der Waals surface area contributed by atoms with Crippen LogP contribution >= 0.6 is 0 Å². The van der Waals surface area contributed by atoms with E-state index in [1.54, 1.807) is 19.1 Å². The number of carbonyl (C=O) groups is 1. The first-order chi connectivity index (χ1) is 14.7. The van der Waals surface area contributed by atoms with E-state index in [9.17, 15) is 18.0 Å². The molecule has 3 aromatic rings. The van der Waals surface area contributed by atoms with E-state index < -0.39 is 17.6 Å². The largest absolute Gasteiger partial charge is 0.493 e. The molecule has 164 valence electrons. The summed E-state index contributed by atoms with van der Waals surface area (Å²) >= 11 is 0. The van der Waals surface area contributed by atoms with E-state index in [0.29, 0.717) is 34.8 Å². The molecule has 31 heavy (non-hydrogen) atoms. The number of pyridine rings is 1. The zero-order chi connectivity index (χ0) is 22.8. The predicted octanol–water partition coefficient (Wildman–Crippen LogP) is 3.87. The molecule has 0 saturated heterocycles. The van der Waals surface area contributed by atoms with Gasteiger partial charge >= 0.3 is 6.18 Å². The Labute approximate surface area is 175 Å². The van der Waals surface area contributed by atoms with E-state index >= 15 is 0 Å². The molecular formula is C20H19F3N4O4. The summed E-state index contributed by atoms with van der Waals surface area (Å²) in [6.45, 7) is 1.61. The Morgan fingerprint density at radius 1 is 1.03 bits per heavy atom. The Morgan fingerprint density at radius 2 is 1.68 bits per heavy atom. The molecule has 0 aliphatic heterocycles. The summed E-state index contributed by atoms with van der Waals surface area (Å²) in [4.78, 5) is 16.6. The van der Waals surface area contributed by atoms with Crippen molar-refractivity contribution in [2.75, 3.05) is 26.6 Å². The van der Waals surface area contributed by atoms with Crippen LogP contribution in [0.15, 0.2) is 36.7 Å². The quantitative estimate of drug-likeness (QED) is 0.631. The highest BCUT2D eigenvalue weighted by Crippen LogP contribution is 2.40. The minimum atomic E-state index is -4.49. The number of carbonyl (C=O) groups excluding carboxylic acids is 1. The Hall–Kier alpha value is -3.76. The molecule has 0 atom stereocenters. The third kappa shape index (κ3) is 4.39. The predicted molar refractivity (Wildman–Crippen MR) is 105 cm³/mol. The molecule has 0 bridgehead atoms. The first kappa shape index (κ1) is 21.9. The van der Waals surface area contributed by atoms with Crippen LogP contribution in [0.5, 0.6) is 17.2 Å². The average molecular weight is 436 g/mol. The van der Waals surface area contributed by atoms with E-state index in [1.165, 1.54) is 38.3 Å². The van der Waals surface area contributed by atoms with Crippen LogP contribution in [0.2, 0.25) is 0 Å². The Balaban J connectivity index is 1.87. The molecule has 0 spiro atoms. The number of nitrogens with one attached hydrogen (secondary N) is 1. The monoisotopic (exact) mass is 436 g/mol. The van der Waals surface area contributed by atoms with E-state index in [2.05, 4.69) is 15.4 Å². The molecule has 0 radical (unpaired) electrons. The van der Waals surface area contributed by atoms with Crippen LogP contribution in [0.25, 0.3) is 5.82 Å². The zero-order valence-corrected chi connectivity index (χ0v) is 17.1. The van der Waals surface area contributed by atoms with E-state index in [1.807, 2.05) is 0 Å². The lowest BCUT2D eigenvalue weighted by atomic mass is 10.2. The number of halogens is 3. The summed E-state index contributed by atoms with van der Waals surface area (Å²) < 4.78 is 55.3. The molecule has 1 N–H and O–H groups in total. The topological polar surface area (TPSA) is 87.5 Å². The van der Waals surface area contributed by atoms with Crippen LogP contribution < -0.4 is 19.5 Å². The lowest BCUT2D eigenvalue weighted by Crippen LogP contribution is -2.14. The zero-order valence-electron chi connectivity index (χ0n) is 17.1. The van der Waals surface area contributed by atoms with Gasteiger partial charge in [-0.2, -0.15) is 18.3 Å². The molecule has 2 heterocycles. The van der Waals surface area contributed by atoms with Gasteiger partial charge in [-0.1, -0.05) is 0 Å². The Morgan fingerprint density at radius 3 is 2.16 bits per heavy atom. The fourth-order valence-electron chi connectivity index (χ4n) is 2.89. The average Bonchev–Trinajstić information content (AvgIpc) is 3.13. The standard InChI is InChI=1S/C20H19F3N4O4/c1-11-14(10-25-27(11)17-6-5-12(9-24-17)20(21,22)23)19(28)26-13-7-15(29-2)18(31-4)16(8-13)30-3/h5-10H,1-4H3,(H,26,28). The number of anilines is 1. The van der Waals surface area contributed by atoms with Gasteiger partial charge in [0, 0.05) is 24.0 Å². The number of hydrogen-bond acceptors (Lipinski definition) is 6. The van der Waals surface area contributed by atoms with Crippen molar-refractivity contribution in [3.8, 4) is 23.1 Å². The molecule has 0 aliphatic rings. The van der Waals surface area contributed by atoms with Gasteiger partial charge < -0.3 is 19.5 Å². The first-order valence-electron chi connectivity index (χ1n) is 8.89. The van der Waals surface area contributed by atoms with E-state index in [-0.39, 0.29) is 11.4 Å². The number of aromatic nitrogens is 3. The van der Waals surface area contributed by atoms with Gasteiger partial charge in [0.1, 0.15) is 0 Å².